The molecule has 34 heavy (non-hydrogen) atoms. The van der Waals surface area contributed by atoms with Crippen LogP contribution in [-0.4, -0.2) is 46.7 Å². The molecule has 1 N–H and O–H groups in total. The number of fused-ring (bicyclic) bond motifs is 2. The molecule has 3 aromatic carbocycles. The number of hydrogen-bond donors (Lipinski definition) is 1. The van der Waals surface area contributed by atoms with Crippen molar-refractivity contribution in [3.8, 4) is 5.75 Å². The largest absolute Gasteiger partial charge is 0.485 e. The third-order valence-electron chi connectivity index (χ3n) is 6.97. The lowest BCUT2D eigenvalue weighted by Crippen LogP contribution is -2.47. The maximum absolute atomic E-state index is 14.0. The number of aromatic amines is 1. The van der Waals surface area contributed by atoms with Crippen LogP contribution in [0.4, 0.5) is 15.8 Å². The van der Waals surface area contributed by atoms with Gasteiger partial charge in [0.1, 0.15) is 17.7 Å². The molecule has 2 aliphatic rings. The Morgan fingerprint density at radius 3 is 2.56 bits per heavy atom. The van der Waals surface area contributed by atoms with Crippen molar-refractivity contribution in [1.29, 1.82) is 0 Å². The van der Waals surface area contributed by atoms with Crippen molar-refractivity contribution in [2.24, 2.45) is 0 Å². The van der Waals surface area contributed by atoms with Gasteiger partial charge in [0.25, 0.3) is 0 Å². The summed E-state index contributed by atoms with van der Waals surface area (Å²) in [6.07, 6.45) is 1.73. The van der Waals surface area contributed by atoms with Gasteiger partial charge >= 0.3 is 5.69 Å². The standard InChI is InChI=1S/C27H27FN4O2/c28-19-10-11-25-26(16-19)34-22(18-31(25)20-6-2-1-3-7-20)17-30-14-12-21(13-15-30)32-24-9-5-4-8-23(24)29-27(32)33/h1-11,16,21-22H,12-15,17-18H2,(H,29,33). The summed E-state index contributed by atoms with van der Waals surface area (Å²) in [5, 5.41) is 0. The molecule has 1 unspecified atom stereocenters. The van der Waals surface area contributed by atoms with Gasteiger partial charge in [0.15, 0.2) is 0 Å². The third-order valence-corrected chi connectivity index (χ3v) is 6.97. The van der Waals surface area contributed by atoms with Crippen LogP contribution in [0.15, 0.2) is 77.6 Å². The highest BCUT2D eigenvalue weighted by Gasteiger charge is 2.31. The van der Waals surface area contributed by atoms with E-state index in [-0.39, 0.29) is 23.7 Å². The normalized spacial score (nSPS) is 19.2. The zero-order chi connectivity index (χ0) is 23.1. The van der Waals surface area contributed by atoms with Gasteiger partial charge in [-0.05, 0) is 49.2 Å². The molecule has 0 bridgehead atoms. The Hall–Kier alpha value is -3.58. The first-order chi connectivity index (χ1) is 16.7. The molecule has 0 spiro atoms. The Morgan fingerprint density at radius 1 is 0.971 bits per heavy atom. The molecular formula is C27H27FN4O2. The van der Waals surface area contributed by atoms with E-state index in [1.54, 1.807) is 6.07 Å². The maximum atomic E-state index is 14.0. The fourth-order valence-corrected chi connectivity index (χ4v) is 5.36. The van der Waals surface area contributed by atoms with Crippen LogP contribution in [0.3, 0.4) is 0 Å². The number of halogens is 1. The van der Waals surface area contributed by atoms with Gasteiger partial charge in [-0.1, -0.05) is 30.3 Å². The number of nitrogens with zero attached hydrogens (tertiary/aromatic N) is 3. The molecule has 0 radical (unpaired) electrons. The summed E-state index contributed by atoms with van der Waals surface area (Å²) in [6.45, 7) is 3.23. The number of para-hydroxylation sites is 3. The molecule has 1 saturated heterocycles. The fraction of sp³-hybridized carbons (Fsp3) is 0.296. The zero-order valence-electron chi connectivity index (χ0n) is 18.9. The molecule has 4 aromatic rings. The van der Waals surface area contributed by atoms with Crippen LogP contribution in [0, 0.1) is 5.82 Å². The number of rotatable bonds is 4. The van der Waals surface area contributed by atoms with E-state index < -0.39 is 0 Å². The average molecular weight is 459 g/mol. The molecule has 0 saturated carbocycles. The summed E-state index contributed by atoms with van der Waals surface area (Å²) < 4.78 is 22.2. The predicted molar refractivity (Wildman–Crippen MR) is 132 cm³/mol. The second kappa shape index (κ2) is 8.65. The lowest BCUT2D eigenvalue weighted by Gasteiger charge is -2.40. The molecule has 1 aromatic heterocycles. The Balaban J connectivity index is 1.17. The number of nitrogens with one attached hydrogen (secondary N) is 1. The van der Waals surface area contributed by atoms with E-state index in [4.69, 9.17) is 4.74 Å². The predicted octanol–water partition coefficient (Wildman–Crippen LogP) is 4.70. The first-order valence-corrected chi connectivity index (χ1v) is 11.9. The van der Waals surface area contributed by atoms with Gasteiger partial charge in [-0.2, -0.15) is 0 Å². The molecular weight excluding hydrogens is 431 g/mol. The lowest BCUT2D eigenvalue weighted by atomic mass is 10.0. The summed E-state index contributed by atoms with van der Waals surface area (Å²) in [4.78, 5) is 20.2. The SMILES string of the molecule is O=c1[nH]c2ccccc2n1C1CCN(CC2CN(c3ccccc3)c3ccc(F)cc3O2)CC1. The summed E-state index contributed by atoms with van der Waals surface area (Å²) in [5.41, 5.74) is 3.78. The summed E-state index contributed by atoms with van der Waals surface area (Å²) in [7, 11) is 0. The molecule has 0 aliphatic carbocycles. The molecule has 0 amide bonds. The molecule has 174 valence electrons. The van der Waals surface area contributed by atoms with Crippen LogP contribution in [-0.2, 0) is 0 Å². The van der Waals surface area contributed by atoms with Crippen LogP contribution in [0.25, 0.3) is 11.0 Å². The second-order valence-corrected chi connectivity index (χ2v) is 9.15. The van der Waals surface area contributed by atoms with Crippen molar-refractivity contribution in [2.45, 2.75) is 25.0 Å². The molecule has 7 heteroatoms. The van der Waals surface area contributed by atoms with Gasteiger partial charge in [-0.25, -0.2) is 9.18 Å². The third kappa shape index (κ3) is 3.86. The molecule has 1 atom stereocenters. The number of benzene rings is 3. The van der Waals surface area contributed by atoms with Crippen molar-refractivity contribution < 1.29 is 9.13 Å². The topological polar surface area (TPSA) is 53.5 Å². The van der Waals surface area contributed by atoms with Gasteiger partial charge in [0.2, 0.25) is 0 Å². The van der Waals surface area contributed by atoms with Crippen LogP contribution >= 0.6 is 0 Å². The van der Waals surface area contributed by atoms with Crippen molar-refractivity contribution >= 4 is 22.4 Å². The fourth-order valence-electron chi connectivity index (χ4n) is 5.36. The highest BCUT2D eigenvalue weighted by molar-refractivity contribution is 5.75. The molecule has 1 fully saturated rings. The first-order valence-electron chi connectivity index (χ1n) is 11.9. The number of aromatic nitrogens is 2. The Bertz CT molecular complexity index is 1360. The van der Waals surface area contributed by atoms with E-state index >= 15 is 0 Å². The van der Waals surface area contributed by atoms with Gasteiger partial charge in [-0.3, -0.25) is 9.47 Å². The first kappa shape index (κ1) is 21.0. The number of H-pyrrole nitrogens is 1. The molecule has 2 aliphatic heterocycles. The molecule has 6 rings (SSSR count). The maximum Gasteiger partial charge on any atom is 0.326 e. The van der Waals surface area contributed by atoms with Gasteiger partial charge in [-0.15, -0.1) is 0 Å². The van der Waals surface area contributed by atoms with Crippen LogP contribution in [0.1, 0.15) is 18.9 Å². The minimum atomic E-state index is -0.294. The minimum Gasteiger partial charge on any atom is -0.485 e. The minimum absolute atomic E-state index is 0.0348. The number of hydrogen-bond acceptors (Lipinski definition) is 4. The highest BCUT2D eigenvalue weighted by atomic mass is 19.1. The van der Waals surface area contributed by atoms with E-state index in [1.807, 2.05) is 47.0 Å². The number of piperidine rings is 1. The summed E-state index contributed by atoms with van der Waals surface area (Å²) in [5.74, 6) is 0.290. The quantitative estimate of drug-likeness (QED) is 0.482. The Kier molecular flexibility index (Phi) is 5.34. The molecule has 6 nitrogen and oxygen atoms in total. The zero-order valence-corrected chi connectivity index (χ0v) is 18.9. The molecule has 3 heterocycles. The number of ether oxygens (including phenoxy) is 1. The van der Waals surface area contributed by atoms with Gasteiger partial charge in [0, 0.05) is 37.4 Å². The summed E-state index contributed by atoms with van der Waals surface area (Å²) >= 11 is 0. The van der Waals surface area contributed by atoms with Crippen LogP contribution < -0.4 is 15.3 Å². The smallest absolute Gasteiger partial charge is 0.326 e. The van der Waals surface area contributed by atoms with E-state index in [0.29, 0.717) is 12.3 Å². The Morgan fingerprint density at radius 2 is 1.74 bits per heavy atom. The second-order valence-electron chi connectivity index (χ2n) is 9.15. The van der Waals surface area contributed by atoms with Crippen molar-refractivity contribution in [3.05, 3.63) is 89.1 Å². The lowest BCUT2D eigenvalue weighted by molar-refractivity contribution is 0.105. The average Bonchev–Trinajstić information content (AvgIpc) is 3.20. The number of likely N-dealkylation sites (tertiary alicyclic amines) is 1. The van der Waals surface area contributed by atoms with Crippen molar-refractivity contribution in [1.82, 2.24) is 14.5 Å². The number of anilines is 2. The van der Waals surface area contributed by atoms with Crippen LogP contribution in [0.2, 0.25) is 0 Å². The Labute approximate surface area is 197 Å². The van der Waals surface area contributed by atoms with Gasteiger partial charge < -0.3 is 14.6 Å². The van der Waals surface area contributed by atoms with E-state index in [1.165, 1.54) is 12.1 Å². The monoisotopic (exact) mass is 458 g/mol. The van der Waals surface area contributed by atoms with Gasteiger partial charge in [0.05, 0.1) is 23.3 Å². The number of imidazole rings is 1. The van der Waals surface area contributed by atoms with Crippen molar-refractivity contribution in [3.63, 3.8) is 0 Å². The van der Waals surface area contributed by atoms with Crippen LogP contribution in [0.5, 0.6) is 5.75 Å². The summed E-state index contributed by atoms with van der Waals surface area (Å²) in [6, 6.07) is 23.0. The van der Waals surface area contributed by atoms with E-state index in [2.05, 4.69) is 26.9 Å². The van der Waals surface area contributed by atoms with Crippen molar-refractivity contribution in [2.75, 3.05) is 31.1 Å². The van der Waals surface area contributed by atoms with E-state index in [9.17, 15) is 9.18 Å². The highest BCUT2D eigenvalue weighted by Crippen LogP contribution is 2.39. The van der Waals surface area contributed by atoms with E-state index in [0.717, 1.165) is 54.9 Å².